The quantitative estimate of drug-likeness (QED) is 0.786. The molecule has 0 radical (unpaired) electrons. The molecule has 2 aliphatic heterocycles. The topological polar surface area (TPSA) is 71.1 Å². The summed E-state index contributed by atoms with van der Waals surface area (Å²) in [6.07, 6.45) is 1.09. The SMILES string of the molecule is CN(C)C(=O)C[C@H]1CN2C[C@@H](NC(=O)COc3ccc(F)cc3)C[C@H]2CO1. The highest BCUT2D eigenvalue weighted by Crippen LogP contribution is 2.24. The van der Waals surface area contributed by atoms with E-state index in [1.807, 2.05) is 0 Å². The van der Waals surface area contributed by atoms with Gasteiger partial charge in [-0.05, 0) is 30.7 Å². The number of carbonyl (C=O) groups excluding carboxylic acids is 2. The summed E-state index contributed by atoms with van der Waals surface area (Å²) in [5.41, 5.74) is 0. The molecule has 0 spiro atoms. The zero-order valence-electron chi connectivity index (χ0n) is 15.7. The van der Waals surface area contributed by atoms with Crippen LogP contribution in [0.1, 0.15) is 12.8 Å². The minimum Gasteiger partial charge on any atom is -0.484 e. The van der Waals surface area contributed by atoms with Gasteiger partial charge in [0.1, 0.15) is 11.6 Å². The average Bonchev–Trinajstić information content (AvgIpc) is 3.02. The van der Waals surface area contributed by atoms with E-state index in [9.17, 15) is 14.0 Å². The molecule has 2 amide bonds. The Balaban J connectivity index is 1.42. The first-order valence-corrected chi connectivity index (χ1v) is 9.14. The van der Waals surface area contributed by atoms with Crippen molar-refractivity contribution in [2.24, 2.45) is 0 Å². The second-order valence-electron chi connectivity index (χ2n) is 7.30. The van der Waals surface area contributed by atoms with Gasteiger partial charge in [0.05, 0.1) is 19.1 Å². The molecule has 7 nitrogen and oxygen atoms in total. The maximum atomic E-state index is 12.9. The lowest BCUT2D eigenvalue weighted by atomic mass is 10.1. The first-order valence-electron chi connectivity index (χ1n) is 9.14. The summed E-state index contributed by atoms with van der Waals surface area (Å²) in [4.78, 5) is 27.8. The van der Waals surface area contributed by atoms with E-state index in [0.717, 1.165) is 13.0 Å². The maximum absolute atomic E-state index is 12.9. The van der Waals surface area contributed by atoms with Crippen molar-refractivity contribution < 1.29 is 23.5 Å². The fourth-order valence-corrected chi connectivity index (χ4v) is 3.50. The molecule has 3 atom stereocenters. The molecule has 0 aromatic heterocycles. The molecule has 148 valence electrons. The molecule has 2 saturated heterocycles. The van der Waals surface area contributed by atoms with Crippen molar-refractivity contribution in [3.05, 3.63) is 30.1 Å². The van der Waals surface area contributed by atoms with Gasteiger partial charge < -0.3 is 19.7 Å². The van der Waals surface area contributed by atoms with E-state index in [-0.39, 0.29) is 42.4 Å². The van der Waals surface area contributed by atoms with E-state index >= 15 is 0 Å². The van der Waals surface area contributed by atoms with Crippen LogP contribution in [0.15, 0.2) is 24.3 Å². The number of carbonyl (C=O) groups is 2. The summed E-state index contributed by atoms with van der Waals surface area (Å²) >= 11 is 0. The van der Waals surface area contributed by atoms with Crippen LogP contribution < -0.4 is 10.1 Å². The van der Waals surface area contributed by atoms with E-state index < -0.39 is 0 Å². The van der Waals surface area contributed by atoms with Crippen LogP contribution in [0.5, 0.6) is 5.75 Å². The zero-order chi connectivity index (χ0) is 19.4. The number of rotatable bonds is 6. The Morgan fingerprint density at radius 3 is 2.74 bits per heavy atom. The molecule has 3 rings (SSSR count). The summed E-state index contributed by atoms with van der Waals surface area (Å²) in [7, 11) is 3.48. The molecular formula is C19H26FN3O4. The normalized spacial score (nSPS) is 24.9. The van der Waals surface area contributed by atoms with Crippen LogP contribution in [0.4, 0.5) is 4.39 Å². The van der Waals surface area contributed by atoms with Gasteiger partial charge in [-0.25, -0.2) is 4.39 Å². The van der Waals surface area contributed by atoms with Crippen LogP contribution in [0.25, 0.3) is 0 Å². The van der Waals surface area contributed by atoms with E-state index in [4.69, 9.17) is 9.47 Å². The minimum absolute atomic E-state index is 0.0335. The number of nitrogens with zero attached hydrogens (tertiary/aromatic N) is 2. The number of nitrogens with one attached hydrogen (secondary N) is 1. The van der Waals surface area contributed by atoms with Crippen LogP contribution in [-0.2, 0) is 14.3 Å². The standard InChI is InChI=1S/C19H26FN3O4/c1-22(2)19(25)8-17-10-23-9-14(7-15(23)11-26-17)21-18(24)12-27-16-5-3-13(20)4-6-16/h3-6,14-15,17H,7-12H2,1-2H3,(H,21,24)/t14-,15-,17-/m0/s1. The first-order chi connectivity index (χ1) is 12.9. The summed E-state index contributed by atoms with van der Waals surface area (Å²) in [6, 6.07) is 5.86. The fraction of sp³-hybridized carbons (Fsp3) is 0.579. The van der Waals surface area contributed by atoms with Crippen LogP contribution in [0, 0.1) is 5.82 Å². The average molecular weight is 379 g/mol. The molecule has 0 unspecified atom stereocenters. The molecule has 1 N–H and O–H groups in total. The predicted octanol–water partition coefficient (Wildman–Crippen LogP) is 0.641. The lowest BCUT2D eigenvalue weighted by Crippen LogP contribution is -2.47. The Hall–Kier alpha value is -2.19. The third kappa shape index (κ3) is 5.40. The smallest absolute Gasteiger partial charge is 0.258 e. The van der Waals surface area contributed by atoms with Crippen molar-refractivity contribution in [1.29, 1.82) is 0 Å². The first kappa shape index (κ1) is 19.6. The molecular weight excluding hydrogens is 353 g/mol. The monoisotopic (exact) mass is 379 g/mol. The Labute approximate surface area is 158 Å². The van der Waals surface area contributed by atoms with Gasteiger partial charge in [0.15, 0.2) is 6.61 Å². The summed E-state index contributed by atoms with van der Waals surface area (Å²) < 4.78 is 24.1. The second-order valence-corrected chi connectivity index (χ2v) is 7.30. The van der Waals surface area contributed by atoms with Crippen LogP contribution in [0.3, 0.4) is 0 Å². The molecule has 2 heterocycles. The van der Waals surface area contributed by atoms with E-state index in [0.29, 0.717) is 25.3 Å². The van der Waals surface area contributed by atoms with Gasteiger partial charge in [-0.15, -0.1) is 0 Å². The molecule has 0 aliphatic carbocycles. The van der Waals surface area contributed by atoms with Crippen molar-refractivity contribution in [2.75, 3.05) is 40.4 Å². The molecule has 0 saturated carbocycles. The van der Waals surface area contributed by atoms with Crippen molar-refractivity contribution >= 4 is 11.8 Å². The molecule has 1 aromatic carbocycles. The maximum Gasteiger partial charge on any atom is 0.258 e. The number of fused-ring (bicyclic) bond motifs is 1. The van der Waals surface area contributed by atoms with Crippen LogP contribution in [0.2, 0.25) is 0 Å². The van der Waals surface area contributed by atoms with Gasteiger partial charge in [0.25, 0.3) is 5.91 Å². The number of hydrogen-bond donors (Lipinski definition) is 1. The number of ether oxygens (including phenoxy) is 2. The molecule has 27 heavy (non-hydrogen) atoms. The highest BCUT2D eigenvalue weighted by molar-refractivity contribution is 5.78. The van der Waals surface area contributed by atoms with E-state index in [2.05, 4.69) is 10.2 Å². The highest BCUT2D eigenvalue weighted by atomic mass is 19.1. The zero-order valence-corrected chi connectivity index (χ0v) is 15.7. The van der Waals surface area contributed by atoms with Gasteiger partial charge >= 0.3 is 0 Å². The molecule has 8 heteroatoms. The molecule has 1 aromatic rings. The van der Waals surface area contributed by atoms with Gasteiger partial charge in [-0.3, -0.25) is 14.5 Å². The van der Waals surface area contributed by atoms with E-state index in [1.54, 1.807) is 19.0 Å². The minimum atomic E-state index is -0.345. The Morgan fingerprint density at radius 1 is 1.30 bits per heavy atom. The van der Waals surface area contributed by atoms with Gasteiger partial charge in [-0.2, -0.15) is 0 Å². The van der Waals surface area contributed by atoms with Crippen molar-refractivity contribution in [3.63, 3.8) is 0 Å². The lowest BCUT2D eigenvalue weighted by Gasteiger charge is -2.35. The fourth-order valence-electron chi connectivity index (χ4n) is 3.50. The van der Waals surface area contributed by atoms with Crippen LogP contribution >= 0.6 is 0 Å². The molecule has 2 fully saturated rings. The Morgan fingerprint density at radius 2 is 2.04 bits per heavy atom. The summed E-state index contributed by atoms with van der Waals surface area (Å²) in [6.45, 7) is 1.90. The van der Waals surface area contributed by atoms with Gasteiger partial charge in [0, 0.05) is 39.3 Å². The lowest BCUT2D eigenvalue weighted by molar-refractivity contribution is -0.134. The molecule has 2 aliphatic rings. The number of hydrogen-bond acceptors (Lipinski definition) is 5. The van der Waals surface area contributed by atoms with Crippen molar-refractivity contribution in [2.45, 2.75) is 31.0 Å². The highest BCUT2D eigenvalue weighted by Gasteiger charge is 2.38. The number of halogens is 1. The van der Waals surface area contributed by atoms with Crippen LogP contribution in [-0.4, -0.2) is 80.2 Å². The van der Waals surface area contributed by atoms with Gasteiger partial charge in [-0.1, -0.05) is 0 Å². The second kappa shape index (κ2) is 8.67. The number of amides is 2. The van der Waals surface area contributed by atoms with Crippen molar-refractivity contribution in [1.82, 2.24) is 15.1 Å². The predicted molar refractivity (Wildman–Crippen MR) is 96.9 cm³/mol. The largest absolute Gasteiger partial charge is 0.484 e. The third-order valence-corrected chi connectivity index (χ3v) is 4.94. The Kier molecular flexibility index (Phi) is 6.28. The summed E-state index contributed by atoms with van der Waals surface area (Å²) in [5, 5.41) is 2.98. The molecule has 0 bridgehead atoms. The van der Waals surface area contributed by atoms with Gasteiger partial charge in [0.2, 0.25) is 5.91 Å². The number of benzene rings is 1. The Bertz CT molecular complexity index is 667. The van der Waals surface area contributed by atoms with E-state index in [1.165, 1.54) is 24.3 Å². The summed E-state index contributed by atoms with van der Waals surface area (Å²) in [5.74, 6) is -0.0377. The third-order valence-electron chi connectivity index (χ3n) is 4.94. The number of morpholine rings is 1. The van der Waals surface area contributed by atoms with Crippen molar-refractivity contribution in [3.8, 4) is 5.75 Å².